The summed E-state index contributed by atoms with van der Waals surface area (Å²) in [7, 11) is 1.50. The molecule has 5 nitrogen and oxygen atoms in total. The number of hydrogen-bond donors (Lipinski definition) is 1. The number of carboxylic acids is 1. The molecule has 5 heteroatoms. The van der Waals surface area contributed by atoms with Crippen LogP contribution in [0.2, 0.25) is 0 Å². The van der Waals surface area contributed by atoms with Crippen LogP contribution >= 0.6 is 0 Å². The van der Waals surface area contributed by atoms with Crippen molar-refractivity contribution < 1.29 is 14.6 Å². The Balaban J connectivity index is 2.54. The first-order valence-electron chi connectivity index (χ1n) is 5.35. The van der Waals surface area contributed by atoms with Crippen molar-refractivity contribution in [2.75, 3.05) is 7.11 Å². The van der Waals surface area contributed by atoms with E-state index in [1.54, 1.807) is 0 Å². The zero-order valence-corrected chi connectivity index (χ0v) is 9.36. The molecule has 0 bridgehead atoms. The van der Waals surface area contributed by atoms with Crippen molar-refractivity contribution in [3.63, 3.8) is 0 Å². The lowest BCUT2D eigenvalue weighted by Gasteiger charge is -2.10. The predicted molar refractivity (Wildman–Crippen MR) is 56.9 cm³/mol. The molecule has 1 N–H and O–H groups in total. The average molecular weight is 222 g/mol. The Morgan fingerprint density at radius 1 is 1.50 bits per heavy atom. The number of nitrogens with zero attached hydrogens (tertiary/aromatic N) is 2. The lowest BCUT2D eigenvalue weighted by molar-refractivity contribution is 0.0688. The van der Waals surface area contributed by atoms with Gasteiger partial charge >= 0.3 is 5.97 Å². The van der Waals surface area contributed by atoms with Crippen LogP contribution in [0.15, 0.2) is 0 Å². The second kappa shape index (κ2) is 4.08. The van der Waals surface area contributed by atoms with Gasteiger partial charge in [0.05, 0.1) is 7.11 Å². The molecule has 0 atom stereocenters. The van der Waals surface area contributed by atoms with Gasteiger partial charge in [-0.1, -0.05) is 6.92 Å². The van der Waals surface area contributed by atoms with Gasteiger partial charge in [0.15, 0.2) is 5.69 Å². The Kier molecular flexibility index (Phi) is 2.77. The van der Waals surface area contributed by atoms with Crippen molar-refractivity contribution in [2.24, 2.45) is 0 Å². The molecule has 0 aromatic carbocycles. The summed E-state index contributed by atoms with van der Waals surface area (Å²) in [6, 6.07) is 0. The van der Waals surface area contributed by atoms with E-state index >= 15 is 0 Å². The number of rotatable bonds is 4. The minimum Gasteiger partial charge on any atom is -0.481 e. The second-order valence-corrected chi connectivity index (χ2v) is 3.85. The Morgan fingerprint density at radius 2 is 2.19 bits per heavy atom. The van der Waals surface area contributed by atoms with Crippen LogP contribution in [0.1, 0.15) is 47.6 Å². The van der Waals surface area contributed by atoms with Gasteiger partial charge in [0.25, 0.3) is 0 Å². The fraction of sp³-hybridized carbons (Fsp3) is 0.545. The Bertz CT molecular complexity index is 427. The minimum absolute atomic E-state index is 0.0799. The molecule has 0 unspecified atom stereocenters. The first-order chi connectivity index (χ1) is 7.67. The van der Waals surface area contributed by atoms with E-state index in [4.69, 9.17) is 9.84 Å². The Labute approximate surface area is 93.5 Å². The molecular weight excluding hydrogens is 208 g/mol. The summed E-state index contributed by atoms with van der Waals surface area (Å²) in [6.07, 6.45) is 2.62. The fourth-order valence-electron chi connectivity index (χ4n) is 1.67. The van der Waals surface area contributed by atoms with Crippen LogP contribution in [0.4, 0.5) is 0 Å². The summed E-state index contributed by atoms with van der Waals surface area (Å²) in [6.45, 7) is 1.87. The van der Waals surface area contributed by atoms with Crippen LogP contribution in [0.5, 0.6) is 5.88 Å². The van der Waals surface area contributed by atoms with Crippen molar-refractivity contribution in [2.45, 2.75) is 32.1 Å². The number of hydrogen-bond acceptors (Lipinski definition) is 4. The number of ether oxygens (including phenoxy) is 1. The number of carboxylic acid groups (broad SMARTS) is 1. The summed E-state index contributed by atoms with van der Waals surface area (Å²) < 4.78 is 5.13. The topological polar surface area (TPSA) is 72.3 Å². The first-order valence-corrected chi connectivity index (χ1v) is 5.35. The molecule has 0 saturated heterocycles. The smallest absolute Gasteiger partial charge is 0.355 e. The van der Waals surface area contributed by atoms with Gasteiger partial charge in [-0.3, -0.25) is 0 Å². The van der Waals surface area contributed by atoms with Gasteiger partial charge < -0.3 is 9.84 Å². The summed E-state index contributed by atoms with van der Waals surface area (Å²) in [5, 5.41) is 9.10. The SMILES string of the molecule is CCc1c(OC)nc(C2CC2)nc1C(=O)O. The first kappa shape index (κ1) is 10.9. The van der Waals surface area contributed by atoms with Gasteiger partial charge in [0, 0.05) is 11.5 Å². The molecule has 1 saturated carbocycles. The van der Waals surface area contributed by atoms with Crippen LogP contribution in [0.25, 0.3) is 0 Å². The maximum atomic E-state index is 11.1. The summed E-state index contributed by atoms with van der Waals surface area (Å²) in [5.74, 6) is 0.306. The summed E-state index contributed by atoms with van der Waals surface area (Å²) in [4.78, 5) is 19.5. The highest BCUT2D eigenvalue weighted by Gasteiger charge is 2.30. The standard InChI is InChI=1S/C11H14N2O3/c1-3-7-8(11(14)15)12-9(6-4-5-6)13-10(7)16-2/h6H,3-5H2,1-2H3,(H,14,15). The van der Waals surface area contributed by atoms with E-state index in [0.717, 1.165) is 12.8 Å². The van der Waals surface area contributed by atoms with E-state index in [1.807, 2.05) is 6.92 Å². The van der Waals surface area contributed by atoms with Crippen molar-refractivity contribution >= 4 is 5.97 Å². The molecule has 2 rings (SSSR count). The number of methoxy groups -OCH3 is 1. The van der Waals surface area contributed by atoms with Crippen molar-refractivity contribution in [1.82, 2.24) is 9.97 Å². The zero-order valence-electron chi connectivity index (χ0n) is 9.36. The van der Waals surface area contributed by atoms with E-state index in [-0.39, 0.29) is 5.69 Å². The highest BCUT2D eigenvalue weighted by atomic mass is 16.5. The quantitative estimate of drug-likeness (QED) is 0.838. The normalized spacial score (nSPS) is 14.9. The number of aromatic nitrogens is 2. The fourth-order valence-corrected chi connectivity index (χ4v) is 1.67. The van der Waals surface area contributed by atoms with Gasteiger partial charge in [0.1, 0.15) is 5.82 Å². The molecule has 0 amide bonds. The van der Waals surface area contributed by atoms with Gasteiger partial charge in [-0.25, -0.2) is 9.78 Å². The van der Waals surface area contributed by atoms with E-state index in [0.29, 0.717) is 29.6 Å². The van der Waals surface area contributed by atoms with Crippen molar-refractivity contribution in [3.05, 3.63) is 17.1 Å². The summed E-state index contributed by atoms with van der Waals surface area (Å²) in [5.41, 5.74) is 0.649. The largest absolute Gasteiger partial charge is 0.481 e. The Hall–Kier alpha value is -1.65. The molecule has 86 valence electrons. The highest BCUT2D eigenvalue weighted by Crippen LogP contribution is 2.39. The third-order valence-corrected chi connectivity index (χ3v) is 2.68. The van der Waals surface area contributed by atoms with Crippen molar-refractivity contribution in [1.29, 1.82) is 0 Å². The van der Waals surface area contributed by atoms with Crippen LogP contribution in [-0.4, -0.2) is 28.2 Å². The zero-order chi connectivity index (χ0) is 11.7. The van der Waals surface area contributed by atoms with E-state index in [9.17, 15) is 4.79 Å². The van der Waals surface area contributed by atoms with E-state index < -0.39 is 5.97 Å². The lowest BCUT2D eigenvalue weighted by Crippen LogP contribution is -2.11. The molecule has 0 aliphatic heterocycles. The third-order valence-electron chi connectivity index (χ3n) is 2.68. The number of aromatic carboxylic acids is 1. The maximum absolute atomic E-state index is 11.1. The predicted octanol–water partition coefficient (Wildman–Crippen LogP) is 1.62. The van der Waals surface area contributed by atoms with Crippen LogP contribution in [-0.2, 0) is 6.42 Å². The lowest BCUT2D eigenvalue weighted by atomic mass is 10.1. The van der Waals surface area contributed by atoms with Gasteiger partial charge in [-0.2, -0.15) is 4.98 Å². The van der Waals surface area contributed by atoms with Gasteiger partial charge in [-0.05, 0) is 19.3 Å². The van der Waals surface area contributed by atoms with Crippen LogP contribution < -0.4 is 4.74 Å². The van der Waals surface area contributed by atoms with E-state index in [2.05, 4.69) is 9.97 Å². The van der Waals surface area contributed by atoms with E-state index in [1.165, 1.54) is 7.11 Å². The van der Waals surface area contributed by atoms with Gasteiger partial charge in [0.2, 0.25) is 5.88 Å². The number of carbonyl (C=O) groups is 1. The Morgan fingerprint density at radius 3 is 2.62 bits per heavy atom. The third kappa shape index (κ3) is 1.85. The molecule has 1 aromatic rings. The molecule has 1 aromatic heterocycles. The minimum atomic E-state index is -1.01. The highest BCUT2D eigenvalue weighted by molar-refractivity contribution is 5.87. The molecular formula is C11H14N2O3. The molecule has 0 spiro atoms. The molecule has 1 aliphatic carbocycles. The molecule has 16 heavy (non-hydrogen) atoms. The molecule has 0 radical (unpaired) electrons. The molecule has 1 heterocycles. The molecule has 1 aliphatic rings. The average Bonchev–Trinajstić information content (AvgIpc) is 3.10. The second-order valence-electron chi connectivity index (χ2n) is 3.85. The summed E-state index contributed by atoms with van der Waals surface area (Å²) >= 11 is 0. The maximum Gasteiger partial charge on any atom is 0.355 e. The van der Waals surface area contributed by atoms with Crippen LogP contribution in [0, 0.1) is 0 Å². The monoisotopic (exact) mass is 222 g/mol. The van der Waals surface area contributed by atoms with Gasteiger partial charge in [-0.15, -0.1) is 0 Å². The van der Waals surface area contributed by atoms with Crippen LogP contribution in [0.3, 0.4) is 0 Å². The van der Waals surface area contributed by atoms with Crippen molar-refractivity contribution in [3.8, 4) is 5.88 Å². The molecule has 1 fully saturated rings.